The molecule has 3 atom stereocenters. The van der Waals surface area contributed by atoms with Crippen molar-refractivity contribution in [2.45, 2.75) is 19.0 Å². The van der Waals surface area contributed by atoms with Gasteiger partial charge in [0.1, 0.15) is 5.82 Å². The molecule has 1 amide bonds. The highest BCUT2D eigenvalue weighted by Crippen LogP contribution is 2.46. The number of carbonyl (C=O) groups excluding carboxylic acids is 1. The molecule has 1 N–H and O–H groups in total. The summed E-state index contributed by atoms with van der Waals surface area (Å²) in [4.78, 5) is 30.2. The van der Waals surface area contributed by atoms with Crippen LogP contribution in [-0.4, -0.2) is 44.3 Å². The minimum Gasteiger partial charge on any atom is -0.478 e. The van der Waals surface area contributed by atoms with Gasteiger partial charge in [-0.25, -0.2) is 13.9 Å². The number of fused-ring (bicyclic) bond motifs is 1. The Morgan fingerprint density at radius 3 is 2.61 bits per heavy atom. The van der Waals surface area contributed by atoms with Crippen LogP contribution in [0.3, 0.4) is 0 Å². The van der Waals surface area contributed by atoms with E-state index in [1.165, 1.54) is 23.5 Å². The average Bonchev–Trinajstić information content (AvgIpc) is 3.60. The standard InChI is InChI=1S/C28H22ClFN4O3S/c1-16-25(32-12-2-3-17(15-32)28(36)37)26(23-10-11-24(29)38-23)33(27(16)35)21-8-9-22-18(13-21)14-31-34(22)20-6-4-19(30)5-7-20/h2-14,16,25-26H,15H2,1H3,(H,36,37). The molecule has 2 aliphatic rings. The fraction of sp³-hybridized carbons (Fsp3) is 0.179. The number of benzene rings is 2. The van der Waals surface area contributed by atoms with Crippen LogP contribution in [0.2, 0.25) is 4.34 Å². The van der Waals surface area contributed by atoms with E-state index in [1.54, 1.807) is 40.1 Å². The molecule has 0 aliphatic carbocycles. The molecule has 2 aromatic heterocycles. The van der Waals surface area contributed by atoms with Gasteiger partial charge < -0.3 is 14.9 Å². The van der Waals surface area contributed by atoms with Crippen molar-refractivity contribution in [1.29, 1.82) is 0 Å². The molecule has 10 heteroatoms. The molecule has 6 rings (SSSR count). The number of halogens is 2. The zero-order chi connectivity index (χ0) is 26.6. The molecule has 1 fully saturated rings. The van der Waals surface area contributed by atoms with Gasteiger partial charge in [0.05, 0.1) is 45.3 Å². The third kappa shape index (κ3) is 4.08. The van der Waals surface area contributed by atoms with Crippen molar-refractivity contribution >= 4 is 51.4 Å². The summed E-state index contributed by atoms with van der Waals surface area (Å²) in [5, 5.41) is 14.9. The second-order valence-corrected chi connectivity index (χ2v) is 11.1. The quantitative estimate of drug-likeness (QED) is 0.340. The fourth-order valence-corrected chi connectivity index (χ4v) is 6.53. The largest absolute Gasteiger partial charge is 0.478 e. The van der Waals surface area contributed by atoms with Crippen LogP contribution in [0.25, 0.3) is 16.6 Å². The first kappa shape index (κ1) is 24.4. The van der Waals surface area contributed by atoms with Gasteiger partial charge in [-0.15, -0.1) is 11.3 Å². The average molecular weight is 549 g/mol. The predicted octanol–water partition coefficient (Wildman–Crippen LogP) is 5.81. The summed E-state index contributed by atoms with van der Waals surface area (Å²) in [6.45, 7) is 2.08. The first-order valence-electron chi connectivity index (χ1n) is 12.0. The van der Waals surface area contributed by atoms with Crippen LogP contribution in [0.5, 0.6) is 0 Å². The molecule has 1 saturated heterocycles. The lowest BCUT2D eigenvalue weighted by Crippen LogP contribution is -2.41. The van der Waals surface area contributed by atoms with E-state index in [2.05, 4.69) is 5.10 Å². The number of aromatic nitrogens is 2. The Morgan fingerprint density at radius 1 is 1.13 bits per heavy atom. The first-order chi connectivity index (χ1) is 18.3. The summed E-state index contributed by atoms with van der Waals surface area (Å²) in [7, 11) is 0. The number of anilines is 1. The van der Waals surface area contributed by atoms with Gasteiger partial charge in [0.25, 0.3) is 0 Å². The number of carboxylic acid groups (broad SMARTS) is 1. The fourth-order valence-electron chi connectivity index (χ4n) is 5.34. The Morgan fingerprint density at radius 2 is 1.89 bits per heavy atom. The van der Waals surface area contributed by atoms with E-state index in [0.29, 0.717) is 10.0 Å². The molecule has 0 radical (unpaired) electrons. The maximum absolute atomic E-state index is 13.8. The lowest BCUT2D eigenvalue weighted by molar-refractivity contribution is -0.133. The van der Waals surface area contributed by atoms with Crippen molar-refractivity contribution in [3.63, 3.8) is 0 Å². The maximum atomic E-state index is 13.8. The molecule has 3 unspecified atom stereocenters. The van der Waals surface area contributed by atoms with E-state index in [0.717, 1.165) is 21.5 Å². The molecule has 4 aromatic rings. The van der Waals surface area contributed by atoms with Gasteiger partial charge in [-0.3, -0.25) is 4.79 Å². The van der Waals surface area contributed by atoms with Crippen LogP contribution in [-0.2, 0) is 9.59 Å². The number of amides is 1. The van der Waals surface area contributed by atoms with Crippen molar-refractivity contribution in [1.82, 2.24) is 14.7 Å². The van der Waals surface area contributed by atoms with Crippen LogP contribution < -0.4 is 4.90 Å². The Labute approximate surface area is 226 Å². The van der Waals surface area contributed by atoms with Crippen LogP contribution in [0.15, 0.2) is 84.7 Å². The second kappa shape index (κ2) is 9.41. The predicted molar refractivity (Wildman–Crippen MR) is 145 cm³/mol. The summed E-state index contributed by atoms with van der Waals surface area (Å²) in [5.41, 5.74) is 2.52. The van der Waals surface area contributed by atoms with Crippen molar-refractivity contribution in [3.8, 4) is 5.69 Å². The van der Waals surface area contributed by atoms with Crippen LogP contribution in [0.1, 0.15) is 17.8 Å². The van der Waals surface area contributed by atoms with E-state index < -0.39 is 11.9 Å². The summed E-state index contributed by atoms with van der Waals surface area (Å²) in [6, 6.07) is 14.9. The number of thiophene rings is 1. The highest BCUT2D eigenvalue weighted by atomic mass is 35.5. The summed E-state index contributed by atoms with van der Waals surface area (Å²) in [6.07, 6.45) is 6.86. The Kier molecular flexibility index (Phi) is 6.04. The number of nitrogens with zero attached hydrogens (tertiary/aromatic N) is 4. The lowest BCUT2D eigenvalue weighted by atomic mass is 9.96. The molecule has 0 spiro atoms. The normalized spacial score (nSPS) is 21.4. The van der Waals surface area contributed by atoms with E-state index >= 15 is 0 Å². The summed E-state index contributed by atoms with van der Waals surface area (Å²) < 4.78 is 15.8. The van der Waals surface area contributed by atoms with Crippen molar-refractivity contribution in [2.24, 2.45) is 5.92 Å². The Bertz CT molecular complexity index is 1630. The maximum Gasteiger partial charge on any atom is 0.333 e. The van der Waals surface area contributed by atoms with Gasteiger partial charge in [0.15, 0.2) is 0 Å². The molecule has 2 aliphatic heterocycles. The van der Waals surface area contributed by atoms with Crippen LogP contribution in [0.4, 0.5) is 10.1 Å². The number of rotatable bonds is 5. The van der Waals surface area contributed by atoms with E-state index in [-0.39, 0.29) is 35.9 Å². The molecule has 4 heterocycles. The SMILES string of the molecule is CC1C(=O)N(c2ccc3c(cnn3-c3ccc(F)cc3)c2)C(c2ccc(Cl)s2)C1N1C=CC=C(C(=O)O)C1. The van der Waals surface area contributed by atoms with Gasteiger partial charge >= 0.3 is 5.97 Å². The summed E-state index contributed by atoms with van der Waals surface area (Å²) >= 11 is 7.73. The van der Waals surface area contributed by atoms with E-state index in [9.17, 15) is 19.1 Å². The Hall–Kier alpha value is -3.95. The molecule has 0 saturated carbocycles. The van der Waals surface area contributed by atoms with Crippen molar-refractivity contribution in [3.05, 3.63) is 99.7 Å². The van der Waals surface area contributed by atoms with Crippen LogP contribution >= 0.6 is 22.9 Å². The minimum atomic E-state index is -0.979. The van der Waals surface area contributed by atoms with Crippen molar-refractivity contribution in [2.75, 3.05) is 11.4 Å². The smallest absolute Gasteiger partial charge is 0.333 e. The molecule has 2 aromatic carbocycles. The molecular formula is C28H22ClFN4O3S. The molecule has 0 bridgehead atoms. The Balaban J connectivity index is 1.42. The lowest BCUT2D eigenvalue weighted by Gasteiger charge is -2.36. The number of hydrogen-bond donors (Lipinski definition) is 1. The van der Waals surface area contributed by atoms with Gasteiger partial charge in [-0.05, 0) is 72.9 Å². The number of allylic oxidation sites excluding steroid dienone is 2. The topological polar surface area (TPSA) is 78.7 Å². The zero-order valence-electron chi connectivity index (χ0n) is 20.2. The van der Waals surface area contributed by atoms with Gasteiger partial charge in [0, 0.05) is 22.5 Å². The molecule has 7 nitrogen and oxygen atoms in total. The first-order valence-corrected chi connectivity index (χ1v) is 13.2. The molecule has 38 heavy (non-hydrogen) atoms. The number of hydrogen-bond acceptors (Lipinski definition) is 5. The third-order valence-corrected chi connectivity index (χ3v) is 8.41. The van der Waals surface area contributed by atoms with E-state index in [1.807, 2.05) is 48.4 Å². The zero-order valence-corrected chi connectivity index (χ0v) is 21.7. The monoisotopic (exact) mass is 548 g/mol. The third-order valence-electron chi connectivity index (χ3n) is 7.11. The molecule has 192 valence electrons. The number of aliphatic carboxylic acids is 1. The second-order valence-electron chi connectivity index (χ2n) is 9.36. The van der Waals surface area contributed by atoms with Gasteiger partial charge in [0.2, 0.25) is 5.91 Å². The van der Waals surface area contributed by atoms with Gasteiger partial charge in [-0.2, -0.15) is 5.10 Å². The molecular weight excluding hydrogens is 527 g/mol. The van der Waals surface area contributed by atoms with Crippen molar-refractivity contribution < 1.29 is 19.1 Å². The number of carbonyl (C=O) groups is 2. The highest BCUT2D eigenvalue weighted by Gasteiger charge is 2.50. The highest BCUT2D eigenvalue weighted by molar-refractivity contribution is 7.16. The minimum absolute atomic E-state index is 0.0605. The number of carboxylic acids is 1. The summed E-state index contributed by atoms with van der Waals surface area (Å²) in [5.74, 6) is -1.77. The van der Waals surface area contributed by atoms with Gasteiger partial charge in [-0.1, -0.05) is 18.5 Å². The van der Waals surface area contributed by atoms with Crippen LogP contribution in [0, 0.1) is 11.7 Å². The van der Waals surface area contributed by atoms with E-state index in [4.69, 9.17) is 11.6 Å².